The first kappa shape index (κ1) is 21.7. The van der Waals surface area contributed by atoms with Crippen LogP contribution in [0.25, 0.3) is 10.4 Å². The third kappa shape index (κ3) is 5.03. The predicted molar refractivity (Wildman–Crippen MR) is 114 cm³/mol. The van der Waals surface area contributed by atoms with Crippen molar-refractivity contribution in [1.82, 2.24) is 0 Å². The summed E-state index contributed by atoms with van der Waals surface area (Å²) in [5, 5.41) is 3.94. The SMILES string of the molecule is CC(=O)O[C@@H]1[C@@H](N=[N+]=[N-])[C@@H](Sc2ccc(C)cc2)O[C@@H]2CO[C@@H](c3ccccc3)O[C@@H]12. The zero-order valence-electron chi connectivity index (χ0n) is 17.2. The normalized spacial score (nSPS) is 30.0. The quantitative estimate of drug-likeness (QED) is 0.292. The number of hydrogen-bond donors (Lipinski definition) is 0. The van der Waals surface area contributed by atoms with Gasteiger partial charge in [0.2, 0.25) is 0 Å². The minimum atomic E-state index is -0.801. The van der Waals surface area contributed by atoms with Crippen molar-refractivity contribution in [2.75, 3.05) is 6.61 Å². The Morgan fingerprint density at radius 1 is 1.16 bits per heavy atom. The first-order chi connectivity index (χ1) is 15.0. The Kier molecular flexibility index (Phi) is 6.80. The van der Waals surface area contributed by atoms with E-state index in [-0.39, 0.29) is 6.61 Å². The molecular formula is C22H23N3O5S. The number of thioether (sulfide) groups is 1. The number of carbonyl (C=O) groups is 1. The Morgan fingerprint density at radius 2 is 1.90 bits per heavy atom. The maximum atomic E-state index is 11.9. The summed E-state index contributed by atoms with van der Waals surface area (Å²) < 4.78 is 23.9. The molecule has 0 bridgehead atoms. The van der Waals surface area contributed by atoms with Crippen LogP contribution in [0.5, 0.6) is 0 Å². The monoisotopic (exact) mass is 441 g/mol. The van der Waals surface area contributed by atoms with Crippen molar-refractivity contribution in [3.8, 4) is 0 Å². The number of carbonyl (C=O) groups excluding carboxylic acids is 1. The van der Waals surface area contributed by atoms with Crippen LogP contribution in [0.1, 0.15) is 24.3 Å². The number of benzene rings is 2. The second kappa shape index (κ2) is 9.72. The smallest absolute Gasteiger partial charge is 0.303 e. The molecule has 0 aromatic heterocycles. The molecule has 0 aliphatic carbocycles. The Morgan fingerprint density at radius 3 is 2.58 bits per heavy atom. The van der Waals surface area contributed by atoms with Crippen molar-refractivity contribution in [2.45, 2.75) is 54.8 Å². The zero-order chi connectivity index (χ0) is 21.8. The lowest BCUT2D eigenvalue weighted by Crippen LogP contribution is -2.61. The molecule has 2 aliphatic heterocycles. The molecule has 0 unspecified atom stereocenters. The zero-order valence-corrected chi connectivity index (χ0v) is 18.0. The van der Waals surface area contributed by atoms with Gasteiger partial charge < -0.3 is 18.9 Å². The van der Waals surface area contributed by atoms with Crippen LogP contribution in [0.4, 0.5) is 0 Å². The summed E-state index contributed by atoms with van der Waals surface area (Å²) in [6, 6.07) is 16.7. The van der Waals surface area contributed by atoms with Crippen molar-refractivity contribution < 1.29 is 23.7 Å². The Labute approximate surface area is 184 Å². The molecule has 0 spiro atoms. The van der Waals surface area contributed by atoms with Crippen molar-refractivity contribution in [3.05, 3.63) is 76.2 Å². The highest BCUT2D eigenvalue weighted by Gasteiger charge is 2.51. The van der Waals surface area contributed by atoms with Gasteiger partial charge in [-0.1, -0.05) is 64.9 Å². The van der Waals surface area contributed by atoms with Gasteiger partial charge in [-0.15, -0.1) is 0 Å². The minimum absolute atomic E-state index is 0.260. The second-order valence-electron chi connectivity index (χ2n) is 7.42. The number of fused-ring (bicyclic) bond motifs is 1. The molecule has 0 amide bonds. The van der Waals surface area contributed by atoms with E-state index in [1.807, 2.05) is 61.5 Å². The average molecular weight is 442 g/mol. The van der Waals surface area contributed by atoms with Crippen LogP contribution in [0.15, 0.2) is 64.6 Å². The predicted octanol–water partition coefficient (Wildman–Crippen LogP) is 4.54. The number of nitrogens with zero attached hydrogens (tertiary/aromatic N) is 3. The molecule has 162 valence electrons. The summed E-state index contributed by atoms with van der Waals surface area (Å²) in [5.74, 6) is -0.478. The van der Waals surface area contributed by atoms with Crippen molar-refractivity contribution >= 4 is 17.7 Å². The van der Waals surface area contributed by atoms with Gasteiger partial charge in [0.15, 0.2) is 6.29 Å². The maximum absolute atomic E-state index is 11.9. The van der Waals surface area contributed by atoms with Gasteiger partial charge in [-0.3, -0.25) is 4.79 Å². The van der Waals surface area contributed by atoms with Gasteiger partial charge in [0.1, 0.15) is 29.8 Å². The van der Waals surface area contributed by atoms with E-state index in [0.717, 1.165) is 16.0 Å². The molecule has 8 nitrogen and oxygen atoms in total. The van der Waals surface area contributed by atoms with Crippen LogP contribution in [-0.2, 0) is 23.7 Å². The van der Waals surface area contributed by atoms with E-state index in [4.69, 9.17) is 18.9 Å². The van der Waals surface area contributed by atoms with Crippen molar-refractivity contribution in [3.63, 3.8) is 0 Å². The molecule has 4 rings (SSSR count). The van der Waals surface area contributed by atoms with Crippen LogP contribution in [-0.4, -0.2) is 42.4 Å². The fourth-order valence-corrected chi connectivity index (χ4v) is 4.80. The highest BCUT2D eigenvalue weighted by Crippen LogP contribution is 2.41. The van der Waals surface area contributed by atoms with E-state index in [0.29, 0.717) is 0 Å². The van der Waals surface area contributed by atoms with Crippen molar-refractivity contribution in [1.29, 1.82) is 0 Å². The summed E-state index contributed by atoms with van der Waals surface area (Å²) >= 11 is 1.42. The van der Waals surface area contributed by atoms with Crippen molar-refractivity contribution in [2.24, 2.45) is 5.11 Å². The molecule has 2 heterocycles. The number of azide groups is 1. The van der Waals surface area contributed by atoms with Crippen LogP contribution in [0, 0.1) is 6.92 Å². The molecule has 31 heavy (non-hydrogen) atoms. The summed E-state index contributed by atoms with van der Waals surface area (Å²) in [6.07, 6.45) is -2.53. The van der Waals surface area contributed by atoms with Gasteiger partial charge in [-0.05, 0) is 24.6 Å². The second-order valence-corrected chi connectivity index (χ2v) is 8.59. The molecule has 0 N–H and O–H groups in total. The number of ether oxygens (including phenoxy) is 4. The molecule has 0 saturated carbocycles. The first-order valence-corrected chi connectivity index (χ1v) is 10.9. The number of rotatable bonds is 5. The summed E-state index contributed by atoms with van der Waals surface area (Å²) in [5.41, 5.74) is 10.6. The van der Waals surface area contributed by atoms with Crippen LogP contribution >= 0.6 is 11.8 Å². The molecule has 2 aromatic rings. The maximum Gasteiger partial charge on any atom is 0.303 e. The van der Waals surface area contributed by atoms with Crippen LogP contribution < -0.4 is 0 Å². The van der Waals surface area contributed by atoms with E-state index in [9.17, 15) is 10.3 Å². The molecule has 6 atom stereocenters. The lowest BCUT2D eigenvalue weighted by molar-refractivity contribution is -0.306. The third-order valence-electron chi connectivity index (χ3n) is 5.14. The Balaban J connectivity index is 1.61. The Bertz CT molecular complexity index is 951. The largest absolute Gasteiger partial charge is 0.459 e. The van der Waals surface area contributed by atoms with E-state index in [1.165, 1.54) is 18.7 Å². The molecule has 9 heteroatoms. The summed E-state index contributed by atoms with van der Waals surface area (Å²) in [4.78, 5) is 15.8. The number of esters is 1. The summed E-state index contributed by atoms with van der Waals surface area (Å²) in [6.45, 7) is 3.60. The van der Waals surface area contributed by atoms with Gasteiger partial charge in [0.05, 0.1) is 6.61 Å². The average Bonchev–Trinajstić information content (AvgIpc) is 2.77. The van der Waals surface area contributed by atoms with E-state index in [2.05, 4.69) is 10.0 Å². The highest BCUT2D eigenvalue weighted by molar-refractivity contribution is 7.99. The van der Waals surface area contributed by atoms with E-state index >= 15 is 0 Å². The first-order valence-electron chi connectivity index (χ1n) is 9.97. The van der Waals surface area contributed by atoms with Gasteiger partial charge in [0, 0.05) is 22.3 Å². The van der Waals surface area contributed by atoms with E-state index < -0.39 is 42.0 Å². The third-order valence-corrected chi connectivity index (χ3v) is 6.31. The lowest BCUT2D eigenvalue weighted by atomic mass is 9.97. The van der Waals surface area contributed by atoms with Gasteiger partial charge >= 0.3 is 5.97 Å². The molecule has 2 aliphatic rings. The summed E-state index contributed by atoms with van der Waals surface area (Å²) in [7, 11) is 0. The molecular weight excluding hydrogens is 418 g/mol. The topological polar surface area (TPSA) is 103 Å². The highest BCUT2D eigenvalue weighted by atomic mass is 32.2. The fourth-order valence-electron chi connectivity index (χ4n) is 3.70. The standard InChI is InChI=1S/C22H23N3O5S/c1-13-8-10-16(11-9-13)31-22-18(24-25-23)20(28-14(2)26)19-17(29-22)12-27-21(30-19)15-6-4-3-5-7-15/h3-11,17-22H,12H2,1-2H3/t17-,18-,19-,20-,21-,22-/m1/s1. The molecule has 0 radical (unpaired) electrons. The van der Waals surface area contributed by atoms with Gasteiger partial charge in [-0.25, -0.2) is 0 Å². The molecule has 2 aromatic carbocycles. The Hall–Kier alpha value is -2.55. The lowest BCUT2D eigenvalue weighted by Gasteiger charge is -2.47. The fraction of sp³-hybridized carbons (Fsp3) is 0.409. The van der Waals surface area contributed by atoms with Crippen LogP contribution in [0.2, 0.25) is 0 Å². The molecule has 2 fully saturated rings. The van der Waals surface area contributed by atoms with Crippen LogP contribution in [0.3, 0.4) is 0 Å². The van der Waals surface area contributed by atoms with E-state index in [1.54, 1.807) is 0 Å². The molecule has 2 saturated heterocycles. The van der Waals surface area contributed by atoms with Gasteiger partial charge in [0.25, 0.3) is 0 Å². The number of hydrogen-bond acceptors (Lipinski definition) is 7. The number of aryl methyl sites for hydroxylation is 1. The van der Waals surface area contributed by atoms with Gasteiger partial charge in [-0.2, -0.15) is 0 Å². The minimum Gasteiger partial charge on any atom is -0.459 e.